The highest BCUT2D eigenvalue weighted by atomic mass is 35.5. The Morgan fingerprint density at radius 2 is 2.07 bits per heavy atom. The van der Waals surface area contributed by atoms with Crippen LogP contribution in [0.4, 0.5) is 5.00 Å². The molecule has 27 heavy (non-hydrogen) atoms. The number of rotatable bonds is 5. The second-order valence-corrected chi connectivity index (χ2v) is 7.25. The standard InChI is InChI=1S/C20H18ClNO4S/c1-2-26-20(25)18-15(12-6-8-13(21)9-7-12)11-27-19(18)22-10-14-16(23)4-3-5-17(14)24/h6-11,23H,2-5H2,1H3/b22-10+. The molecule has 3 rings (SSSR count). The number of allylic oxidation sites excluding steroid dienone is 2. The van der Waals surface area contributed by atoms with E-state index in [9.17, 15) is 14.7 Å². The Balaban J connectivity index is 2.02. The van der Waals surface area contributed by atoms with Gasteiger partial charge in [-0.05, 0) is 31.0 Å². The van der Waals surface area contributed by atoms with E-state index < -0.39 is 5.97 Å². The van der Waals surface area contributed by atoms with Gasteiger partial charge in [0, 0.05) is 35.0 Å². The summed E-state index contributed by atoms with van der Waals surface area (Å²) in [5.74, 6) is -0.583. The third-order valence-corrected chi connectivity index (χ3v) is 5.28. The van der Waals surface area contributed by atoms with Gasteiger partial charge in [-0.25, -0.2) is 9.79 Å². The van der Waals surface area contributed by atoms with Crippen molar-refractivity contribution >= 4 is 45.9 Å². The molecule has 0 bridgehead atoms. The molecule has 1 aliphatic carbocycles. The number of aliphatic hydroxyl groups is 1. The first-order valence-electron chi connectivity index (χ1n) is 8.55. The molecule has 0 unspecified atom stereocenters. The van der Waals surface area contributed by atoms with Crippen molar-refractivity contribution < 1.29 is 19.4 Å². The van der Waals surface area contributed by atoms with E-state index in [-0.39, 0.29) is 23.7 Å². The fraction of sp³-hybridized carbons (Fsp3) is 0.250. The summed E-state index contributed by atoms with van der Waals surface area (Å²) < 4.78 is 5.19. The van der Waals surface area contributed by atoms with Crippen LogP contribution in [-0.2, 0) is 9.53 Å². The van der Waals surface area contributed by atoms with Gasteiger partial charge in [0.15, 0.2) is 5.78 Å². The molecular formula is C20H18ClNO4S. The van der Waals surface area contributed by atoms with E-state index in [1.54, 1.807) is 19.1 Å². The summed E-state index contributed by atoms with van der Waals surface area (Å²) in [7, 11) is 0. The third kappa shape index (κ3) is 4.28. The number of benzene rings is 1. The summed E-state index contributed by atoms with van der Waals surface area (Å²) in [4.78, 5) is 28.8. The average Bonchev–Trinajstić information content (AvgIpc) is 3.06. The maximum Gasteiger partial charge on any atom is 0.341 e. The normalized spacial score (nSPS) is 14.8. The van der Waals surface area contributed by atoms with Crippen molar-refractivity contribution in [2.45, 2.75) is 26.2 Å². The minimum absolute atomic E-state index is 0.0437. The van der Waals surface area contributed by atoms with Crippen LogP contribution < -0.4 is 0 Å². The van der Waals surface area contributed by atoms with Crippen molar-refractivity contribution in [1.82, 2.24) is 0 Å². The number of esters is 1. The van der Waals surface area contributed by atoms with Gasteiger partial charge in [0.1, 0.15) is 16.3 Å². The Morgan fingerprint density at radius 1 is 1.33 bits per heavy atom. The molecule has 0 fully saturated rings. The molecule has 1 aromatic heterocycles. The number of Topliss-reactive ketones (excluding diaryl/α,β-unsaturated/α-hetero) is 1. The fourth-order valence-corrected chi connectivity index (χ4v) is 3.84. The number of ketones is 1. The van der Waals surface area contributed by atoms with Gasteiger partial charge in [0.25, 0.3) is 0 Å². The highest BCUT2D eigenvalue weighted by Crippen LogP contribution is 2.38. The number of aliphatic imine (C=N–C) groups is 1. The lowest BCUT2D eigenvalue weighted by atomic mass is 9.97. The molecule has 0 atom stereocenters. The van der Waals surface area contributed by atoms with E-state index in [1.807, 2.05) is 17.5 Å². The van der Waals surface area contributed by atoms with Crippen molar-refractivity contribution in [2.75, 3.05) is 6.61 Å². The van der Waals surface area contributed by atoms with E-state index in [1.165, 1.54) is 17.6 Å². The molecule has 7 heteroatoms. The van der Waals surface area contributed by atoms with Gasteiger partial charge in [0.2, 0.25) is 0 Å². The summed E-state index contributed by atoms with van der Waals surface area (Å²) in [6, 6.07) is 7.13. The maximum absolute atomic E-state index is 12.5. The van der Waals surface area contributed by atoms with Gasteiger partial charge in [-0.15, -0.1) is 11.3 Å². The number of halogens is 1. The van der Waals surface area contributed by atoms with Crippen molar-refractivity contribution in [2.24, 2.45) is 4.99 Å². The number of hydrogen-bond donors (Lipinski definition) is 1. The minimum Gasteiger partial charge on any atom is -0.512 e. The van der Waals surface area contributed by atoms with E-state index in [0.717, 1.165) is 5.56 Å². The number of carbonyl (C=O) groups excluding carboxylic acids is 2. The summed E-state index contributed by atoms with van der Waals surface area (Å²) in [6.07, 6.45) is 2.82. The molecule has 2 aromatic rings. The molecule has 1 aliphatic rings. The highest BCUT2D eigenvalue weighted by molar-refractivity contribution is 7.14. The van der Waals surface area contributed by atoms with Gasteiger partial charge in [-0.3, -0.25) is 4.79 Å². The van der Waals surface area contributed by atoms with Crippen molar-refractivity contribution in [3.63, 3.8) is 0 Å². The summed E-state index contributed by atoms with van der Waals surface area (Å²) >= 11 is 7.22. The van der Waals surface area contributed by atoms with Crippen LogP contribution in [0.25, 0.3) is 11.1 Å². The van der Waals surface area contributed by atoms with Crippen LogP contribution in [0.2, 0.25) is 5.02 Å². The van der Waals surface area contributed by atoms with E-state index in [2.05, 4.69) is 4.99 Å². The number of aliphatic hydroxyl groups excluding tert-OH is 1. The first-order valence-corrected chi connectivity index (χ1v) is 9.81. The van der Waals surface area contributed by atoms with Crippen LogP contribution in [0.15, 0.2) is 46.0 Å². The summed E-state index contributed by atoms with van der Waals surface area (Å²) in [5.41, 5.74) is 2.05. The summed E-state index contributed by atoms with van der Waals surface area (Å²) in [5, 5.41) is 12.8. The maximum atomic E-state index is 12.5. The molecule has 1 N–H and O–H groups in total. The third-order valence-electron chi connectivity index (χ3n) is 4.15. The fourth-order valence-electron chi connectivity index (χ4n) is 2.80. The lowest BCUT2D eigenvalue weighted by Gasteiger charge is -2.11. The Bertz CT molecular complexity index is 928. The predicted molar refractivity (Wildman–Crippen MR) is 107 cm³/mol. The topological polar surface area (TPSA) is 76.0 Å². The van der Waals surface area contributed by atoms with E-state index in [0.29, 0.717) is 40.4 Å². The van der Waals surface area contributed by atoms with Crippen LogP contribution in [0.1, 0.15) is 36.5 Å². The Morgan fingerprint density at radius 3 is 2.74 bits per heavy atom. The highest BCUT2D eigenvalue weighted by Gasteiger charge is 2.22. The number of thiophene rings is 1. The molecule has 140 valence electrons. The number of hydrogen-bond acceptors (Lipinski definition) is 6. The zero-order valence-electron chi connectivity index (χ0n) is 14.7. The molecule has 1 heterocycles. The largest absolute Gasteiger partial charge is 0.512 e. The predicted octanol–water partition coefficient (Wildman–Crippen LogP) is 5.51. The van der Waals surface area contributed by atoms with Crippen molar-refractivity contribution in [1.29, 1.82) is 0 Å². The monoisotopic (exact) mass is 403 g/mol. The second kappa shape index (κ2) is 8.50. The SMILES string of the molecule is CCOC(=O)c1c(-c2ccc(Cl)cc2)csc1/N=C/C1=C(O)CCCC1=O. The zero-order chi connectivity index (χ0) is 19.4. The zero-order valence-corrected chi connectivity index (χ0v) is 16.3. The first-order chi connectivity index (χ1) is 13.0. The number of carbonyl (C=O) groups is 2. The molecule has 0 aliphatic heterocycles. The lowest BCUT2D eigenvalue weighted by Crippen LogP contribution is -2.12. The lowest BCUT2D eigenvalue weighted by molar-refractivity contribution is -0.115. The van der Waals surface area contributed by atoms with E-state index >= 15 is 0 Å². The number of nitrogens with zero attached hydrogens (tertiary/aromatic N) is 1. The minimum atomic E-state index is -0.482. The first kappa shape index (κ1) is 19.3. The molecular weight excluding hydrogens is 386 g/mol. The Kier molecular flexibility index (Phi) is 6.08. The van der Waals surface area contributed by atoms with E-state index in [4.69, 9.17) is 16.3 Å². The van der Waals surface area contributed by atoms with Crippen LogP contribution >= 0.6 is 22.9 Å². The second-order valence-electron chi connectivity index (χ2n) is 5.95. The smallest absolute Gasteiger partial charge is 0.341 e. The molecule has 0 spiro atoms. The van der Waals surface area contributed by atoms with Crippen molar-refractivity contribution in [3.05, 3.63) is 51.6 Å². The molecule has 0 saturated heterocycles. The Labute approximate surface area is 166 Å². The summed E-state index contributed by atoms with van der Waals surface area (Å²) in [6.45, 7) is 1.97. The molecule has 5 nitrogen and oxygen atoms in total. The Hall–Kier alpha value is -2.44. The van der Waals surface area contributed by atoms with Gasteiger partial charge in [-0.1, -0.05) is 23.7 Å². The number of ether oxygens (including phenoxy) is 1. The molecule has 1 aromatic carbocycles. The molecule has 0 amide bonds. The van der Waals surface area contributed by atoms with Gasteiger partial charge >= 0.3 is 5.97 Å². The van der Waals surface area contributed by atoms with Gasteiger partial charge in [0.05, 0.1) is 12.2 Å². The molecule has 0 saturated carbocycles. The van der Waals surface area contributed by atoms with Crippen LogP contribution in [0.5, 0.6) is 0 Å². The van der Waals surface area contributed by atoms with Crippen LogP contribution in [0.3, 0.4) is 0 Å². The van der Waals surface area contributed by atoms with Crippen LogP contribution in [0, 0.1) is 0 Å². The average molecular weight is 404 g/mol. The molecule has 0 radical (unpaired) electrons. The van der Waals surface area contributed by atoms with Gasteiger partial charge in [-0.2, -0.15) is 0 Å². The quantitative estimate of drug-likeness (QED) is 0.527. The van der Waals surface area contributed by atoms with Gasteiger partial charge < -0.3 is 9.84 Å². The van der Waals surface area contributed by atoms with Crippen molar-refractivity contribution in [3.8, 4) is 11.1 Å². The van der Waals surface area contributed by atoms with Crippen LogP contribution in [-0.4, -0.2) is 29.7 Å².